The van der Waals surface area contributed by atoms with Crippen LogP contribution in [0.1, 0.15) is 316 Å². The number of phosphoric ester groups is 2. The van der Waals surface area contributed by atoms with Gasteiger partial charge in [-0.25, -0.2) is 9.13 Å². The normalized spacial score (nSPS) is 14.7. The van der Waals surface area contributed by atoms with Gasteiger partial charge in [0.2, 0.25) is 0 Å². The van der Waals surface area contributed by atoms with Crippen molar-refractivity contribution in [2.24, 2.45) is 0 Å². The molecule has 590 valence electrons. The van der Waals surface area contributed by atoms with E-state index in [2.05, 4.69) is 167 Å². The molecule has 0 heterocycles. The number of hydrogen-bond donors (Lipinski definition) is 4. The van der Waals surface area contributed by atoms with Crippen LogP contribution in [0, 0.1) is 0 Å². The van der Waals surface area contributed by atoms with Crippen molar-refractivity contribution in [2.75, 3.05) is 39.6 Å². The van der Waals surface area contributed by atoms with Crippen LogP contribution in [0.2, 0.25) is 0 Å². The van der Waals surface area contributed by atoms with Crippen molar-refractivity contribution in [3.8, 4) is 0 Å². The number of phosphoric acid groups is 2. The Bertz CT molecular complexity index is 2450. The molecule has 16 nitrogen and oxygen atoms in total. The van der Waals surface area contributed by atoms with E-state index < -0.39 is 91.5 Å². The van der Waals surface area contributed by atoms with Crippen LogP contribution in [-0.4, -0.2) is 95.9 Å². The maximum Gasteiger partial charge on any atom is 0.472 e. The Morgan fingerprint density at radius 2 is 0.515 bits per heavy atom. The predicted octanol–water partition coefficient (Wildman–Crippen LogP) is 23.7. The molecule has 0 aromatic carbocycles. The van der Waals surface area contributed by atoms with Gasteiger partial charge in [0.25, 0.3) is 0 Å². The average Bonchev–Trinajstić information content (AvgIpc) is 0.918. The second-order valence-electron chi connectivity index (χ2n) is 26.5. The monoisotopic (exact) mass is 1480 g/mol. The quantitative estimate of drug-likeness (QED) is 0.0146. The number of ether oxygens (including phenoxy) is 3. The molecule has 103 heavy (non-hydrogen) atoms. The highest BCUT2D eigenvalue weighted by atomic mass is 31.2. The molecule has 4 N–H and O–H groups in total. The molecular formula is C85H144O16P2. The summed E-state index contributed by atoms with van der Waals surface area (Å²) in [6.45, 7) is 2.49. The number of carbonyl (C=O) groups is 3. The molecule has 0 radical (unpaired) electrons. The lowest BCUT2D eigenvalue weighted by atomic mass is 10.1. The number of unbranched alkanes of at least 4 members (excludes halogenated alkanes) is 28. The summed E-state index contributed by atoms with van der Waals surface area (Å²) < 4.78 is 61.2. The van der Waals surface area contributed by atoms with E-state index >= 15 is 0 Å². The molecular weight excluding hydrogens is 1340 g/mol. The molecule has 0 aliphatic carbocycles. The Labute approximate surface area is 626 Å². The van der Waals surface area contributed by atoms with E-state index in [9.17, 15) is 43.5 Å². The number of aliphatic hydroxyl groups excluding tert-OH is 2. The Morgan fingerprint density at radius 3 is 0.816 bits per heavy atom. The second kappa shape index (κ2) is 77.1. The van der Waals surface area contributed by atoms with E-state index in [-0.39, 0.29) is 19.3 Å². The van der Waals surface area contributed by atoms with Crippen molar-refractivity contribution in [2.45, 2.75) is 334 Å². The standard InChI is InChI=1S/C85H144O16P2/c1-4-7-10-13-16-19-22-25-28-31-34-35-36-37-38-39-40-41-42-43-46-48-50-53-56-59-62-65-68-71-83(88)95-74-80(86)75-97-102(91,92)98-76-81(87)77-99-103(93,94)100-79-82(101-85(90)73-70-67-64-61-58-55-52-49-45-33-30-27-24-21-18-15-12-9-6-3)78-96-84(89)72-69-66-63-60-57-54-51-47-44-32-29-26-23-20-17-14-11-8-5-2/h7,10,16-21,25-30,34-35,37-38,40-41,44-45,47,49,80-82,86-87H,4-6,8-9,11-15,22-24,31-33,36,39,42-43,46,48,50-79H2,1-3H3,(H,91,92)(H,93,94)/b10-7-,19-16-,20-17-,21-18-,28-25-,29-26-,30-27-,35-34-,38-37-,41-40-,47-44-,49-45-. The molecule has 0 spiro atoms. The smallest absolute Gasteiger partial charge is 0.463 e. The number of esters is 3. The fourth-order valence-electron chi connectivity index (χ4n) is 10.4. The summed E-state index contributed by atoms with van der Waals surface area (Å²) in [6, 6.07) is 0. The molecule has 0 aromatic rings. The Kier molecular flexibility index (Phi) is 73.6. The highest BCUT2D eigenvalue weighted by Gasteiger charge is 2.29. The summed E-state index contributed by atoms with van der Waals surface area (Å²) in [4.78, 5) is 58.7. The third-order valence-electron chi connectivity index (χ3n) is 16.5. The SMILES string of the molecule is CC/C=C\C/C=C\C/C=C\C/C=C\C/C=C\C/C=C\CCCCCCCCCCCCC(=O)OCC(O)COP(=O)(O)OCC(O)COP(=O)(O)OCC(COC(=O)CCCCCCCC/C=C\C/C=C\C/C=C\CCCCC)OC(=O)CCCCCCCC/C=C\C/C=C\C/C=C\CCCCC. The van der Waals surface area contributed by atoms with Crippen molar-refractivity contribution in [3.63, 3.8) is 0 Å². The van der Waals surface area contributed by atoms with Crippen LogP contribution in [0.15, 0.2) is 146 Å². The van der Waals surface area contributed by atoms with Crippen molar-refractivity contribution in [1.82, 2.24) is 0 Å². The van der Waals surface area contributed by atoms with Gasteiger partial charge in [-0.2, -0.15) is 0 Å². The van der Waals surface area contributed by atoms with Gasteiger partial charge in [-0.1, -0.05) is 295 Å². The number of allylic oxidation sites excluding steroid dienone is 24. The molecule has 0 saturated carbocycles. The van der Waals surface area contributed by atoms with Crippen molar-refractivity contribution in [1.29, 1.82) is 0 Å². The number of hydrogen-bond acceptors (Lipinski definition) is 14. The topological polar surface area (TPSA) is 231 Å². The van der Waals surface area contributed by atoms with Gasteiger partial charge in [0.05, 0.1) is 26.4 Å². The average molecular weight is 1480 g/mol. The minimum absolute atomic E-state index is 0.0838. The third kappa shape index (κ3) is 78.3. The zero-order valence-corrected chi connectivity index (χ0v) is 66.2. The van der Waals surface area contributed by atoms with Gasteiger partial charge in [-0.3, -0.25) is 32.5 Å². The molecule has 0 aliphatic heterocycles. The van der Waals surface area contributed by atoms with Gasteiger partial charge in [-0.05, 0) is 148 Å². The highest BCUT2D eigenvalue weighted by molar-refractivity contribution is 7.47. The van der Waals surface area contributed by atoms with Gasteiger partial charge >= 0.3 is 33.6 Å². The largest absolute Gasteiger partial charge is 0.472 e. The lowest BCUT2D eigenvalue weighted by Crippen LogP contribution is -2.30. The molecule has 18 heteroatoms. The molecule has 0 amide bonds. The summed E-state index contributed by atoms with van der Waals surface area (Å²) in [5.41, 5.74) is 0. The molecule has 0 saturated heterocycles. The van der Waals surface area contributed by atoms with Crippen LogP contribution < -0.4 is 0 Å². The minimum Gasteiger partial charge on any atom is -0.463 e. The van der Waals surface area contributed by atoms with Crippen LogP contribution in [0.3, 0.4) is 0 Å². The van der Waals surface area contributed by atoms with Crippen molar-refractivity contribution >= 4 is 33.6 Å². The second-order valence-corrected chi connectivity index (χ2v) is 29.4. The molecule has 0 aliphatic rings. The van der Waals surface area contributed by atoms with Crippen LogP contribution >= 0.6 is 15.6 Å². The van der Waals surface area contributed by atoms with E-state index in [1.54, 1.807) is 0 Å². The molecule has 0 bridgehead atoms. The predicted molar refractivity (Wildman–Crippen MR) is 426 cm³/mol. The zero-order valence-electron chi connectivity index (χ0n) is 64.4. The van der Waals surface area contributed by atoms with Gasteiger partial charge in [-0.15, -0.1) is 0 Å². The zero-order chi connectivity index (χ0) is 75.2. The van der Waals surface area contributed by atoms with E-state index in [0.717, 1.165) is 186 Å². The molecule has 5 unspecified atom stereocenters. The maximum atomic E-state index is 13.0. The van der Waals surface area contributed by atoms with Crippen LogP contribution in [0.4, 0.5) is 0 Å². The van der Waals surface area contributed by atoms with Gasteiger partial charge < -0.3 is 34.2 Å². The number of rotatable bonds is 75. The lowest BCUT2D eigenvalue weighted by molar-refractivity contribution is -0.161. The number of aliphatic hydroxyl groups is 2. The summed E-state index contributed by atoms with van der Waals surface area (Å²) in [5, 5.41) is 20.7. The summed E-state index contributed by atoms with van der Waals surface area (Å²) in [6.07, 6.45) is 94.5. The van der Waals surface area contributed by atoms with Gasteiger partial charge in [0.15, 0.2) is 6.10 Å². The Hall–Kier alpha value is -4.57. The first-order valence-electron chi connectivity index (χ1n) is 40.1. The molecule has 0 fully saturated rings. The van der Waals surface area contributed by atoms with Crippen LogP contribution in [0.25, 0.3) is 0 Å². The van der Waals surface area contributed by atoms with Crippen LogP contribution in [-0.2, 0) is 55.8 Å². The summed E-state index contributed by atoms with van der Waals surface area (Å²) in [7, 11) is -9.81. The van der Waals surface area contributed by atoms with Gasteiger partial charge in [0, 0.05) is 19.3 Å². The summed E-state index contributed by atoms with van der Waals surface area (Å²) in [5.74, 6) is -1.61. The fraction of sp³-hybridized carbons (Fsp3) is 0.682. The van der Waals surface area contributed by atoms with E-state index in [1.165, 1.54) is 70.6 Å². The van der Waals surface area contributed by atoms with Crippen molar-refractivity contribution in [3.05, 3.63) is 146 Å². The molecule has 0 rings (SSSR count). The van der Waals surface area contributed by atoms with Gasteiger partial charge in [0.1, 0.15) is 25.4 Å². The van der Waals surface area contributed by atoms with Crippen molar-refractivity contribution < 1.29 is 75.8 Å². The fourth-order valence-corrected chi connectivity index (χ4v) is 12.0. The Balaban J connectivity index is 4.61. The third-order valence-corrected chi connectivity index (χ3v) is 18.4. The first kappa shape index (κ1) is 98.4. The first-order chi connectivity index (χ1) is 50.2. The van der Waals surface area contributed by atoms with E-state index in [0.29, 0.717) is 19.3 Å². The maximum absolute atomic E-state index is 13.0. The highest BCUT2D eigenvalue weighted by Crippen LogP contribution is 2.45. The van der Waals surface area contributed by atoms with Crippen LogP contribution in [0.5, 0.6) is 0 Å². The molecule has 5 atom stereocenters. The minimum atomic E-state index is -4.94. The van der Waals surface area contributed by atoms with E-state index in [1.807, 2.05) is 0 Å². The summed E-state index contributed by atoms with van der Waals surface area (Å²) >= 11 is 0. The molecule has 0 aromatic heterocycles. The van der Waals surface area contributed by atoms with E-state index in [4.69, 9.17) is 32.3 Å². The number of carbonyl (C=O) groups excluding carboxylic acids is 3. The first-order valence-corrected chi connectivity index (χ1v) is 43.1. The lowest BCUT2D eigenvalue weighted by Gasteiger charge is -2.21. The Morgan fingerprint density at radius 1 is 0.282 bits per heavy atom.